The molecule has 0 aliphatic carbocycles. The van der Waals surface area contributed by atoms with Gasteiger partial charge in [-0.25, -0.2) is 4.39 Å². The van der Waals surface area contributed by atoms with E-state index in [0.717, 1.165) is 6.07 Å². The zero-order chi connectivity index (χ0) is 12.8. The molecule has 6 heteroatoms. The first-order valence-electron chi connectivity index (χ1n) is 5.05. The van der Waals surface area contributed by atoms with Gasteiger partial charge in [0.15, 0.2) is 0 Å². The van der Waals surface area contributed by atoms with Crippen LogP contribution in [0.15, 0.2) is 18.2 Å². The number of carbonyl (C=O) groups excluding carboxylic acids is 1. The highest BCUT2D eigenvalue weighted by atomic mass is 35.5. The highest BCUT2D eigenvalue weighted by Crippen LogP contribution is 2.22. The van der Waals surface area contributed by atoms with Crippen molar-refractivity contribution in [3.05, 3.63) is 29.0 Å². The molecule has 1 aromatic rings. The molecule has 3 N–H and O–H groups in total. The maximum Gasteiger partial charge on any atom is 0.241 e. The number of anilines is 1. The van der Waals surface area contributed by atoms with Gasteiger partial charge in [0.2, 0.25) is 5.91 Å². The van der Waals surface area contributed by atoms with Crippen LogP contribution in [0.25, 0.3) is 0 Å². The van der Waals surface area contributed by atoms with E-state index in [-0.39, 0.29) is 10.9 Å². The second kappa shape index (κ2) is 6.54. The third-order valence-corrected chi connectivity index (χ3v) is 2.47. The zero-order valence-electron chi connectivity index (χ0n) is 9.37. The number of methoxy groups -OCH3 is 1. The van der Waals surface area contributed by atoms with Crippen LogP contribution in [0.3, 0.4) is 0 Å². The molecule has 1 aromatic carbocycles. The molecular formula is C11H14ClFN2O2. The van der Waals surface area contributed by atoms with Gasteiger partial charge in [-0.3, -0.25) is 4.79 Å². The van der Waals surface area contributed by atoms with Crippen molar-refractivity contribution in [3.63, 3.8) is 0 Å². The minimum absolute atomic E-state index is 0.136. The number of carbonyl (C=O) groups is 1. The Kier molecular flexibility index (Phi) is 5.34. The average Bonchev–Trinajstić information content (AvgIpc) is 2.29. The van der Waals surface area contributed by atoms with Crippen molar-refractivity contribution >= 4 is 23.2 Å². The van der Waals surface area contributed by atoms with Crippen molar-refractivity contribution in [1.29, 1.82) is 0 Å². The van der Waals surface area contributed by atoms with E-state index < -0.39 is 11.9 Å². The van der Waals surface area contributed by atoms with Crippen LogP contribution in [-0.2, 0) is 9.53 Å². The Morgan fingerprint density at radius 3 is 2.94 bits per heavy atom. The van der Waals surface area contributed by atoms with Crippen molar-refractivity contribution in [2.75, 3.05) is 19.0 Å². The quantitative estimate of drug-likeness (QED) is 0.848. The van der Waals surface area contributed by atoms with Gasteiger partial charge in [0.05, 0.1) is 16.8 Å². The maximum atomic E-state index is 12.8. The Balaban J connectivity index is 2.61. The molecule has 1 atom stereocenters. The molecular weight excluding hydrogens is 247 g/mol. The van der Waals surface area contributed by atoms with Gasteiger partial charge in [-0.15, -0.1) is 0 Å². The van der Waals surface area contributed by atoms with Crippen molar-refractivity contribution in [2.45, 2.75) is 12.5 Å². The first-order chi connectivity index (χ1) is 8.04. The summed E-state index contributed by atoms with van der Waals surface area (Å²) in [5.41, 5.74) is 5.96. The summed E-state index contributed by atoms with van der Waals surface area (Å²) in [6.45, 7) is 0.395. The van der Waals surface area contributed by atoms with Crippen molar-refractivity contribution < 1.29 is 13.9 Å². The number of benzene rings is 1. The third kappa shape index (κ3) is 4.30. The zero-order valence-corrected chi connectivity index (χ0v) is 10.1. The van der Waals surface area contributed by atoms with Gasteiger partial charge in [-0.1, -0.05) is 11.6 Å². The van der Waals surface area contributed by atoms with Gasteiger partial charge >= 0.3 is 0 Å². The number of nitrogens with one attached hydrogen (secondary N) is 1. The minimum atomic E-state index is -0.684. The van der Waals surface area contributed by atoms with Crippen LogP contribution in [-0.4, -0.2) is 25.7 Å². The number of nitrogens with two attached hydrogens (primary N) is 1. The fraction of sp³-hybridized carbons (Fsp3) is 0.364. The number of rotatable bonds is 5. The molecule has 17 heavy (non-hydrogen) atoms. The molecule has 0 aromatic heterocycles. The Bertz CT molecular complexity index is 401. The average molecular weight is 261 g/mol. The molecule has 0 heterocycles. The van der Waals surface area contributed by atoms with Crippen LogP contribution in [0.2, 0.25) is 5.02 Å². The first kappa shape index (κ1) is 13.9. The summed E-state index contributed by atoms with van der Waals surface area (Å²) < 4.78 is 17.6. The summed E-state index contributed by atoms with van der Waals surface area (Å²) >= 11 is 5.76. The van der Waals surface area contributed by atoms with Crippen molar-refractivity contribution in [2.24, 2.45) is 5.73 Å². The van der Waals surface area contributed by atoms with Gasteiger partial charge in [0.25, 0.3) is 0 Å². The van der Waals surface area contributed by atoms with E-state index in [1.165, 1.54) is 19.2 Å². The molecule has 4 nitrogen and oxygen atoms in total. The monoisotopic (exact) mass is 260 g/mol. The highest BCUT2D eigenvalue weighted by molar-refractivity contribution is 6.33. The Morgan fingerprint density at radius 1 is 1.65 bits per heavy atom. The maximum absolute atomic E-state index is 12.8. The number of hydrogen-bond acceptors (Lipinski definition) is 3. The predicted octanol–water partition coefficient (Wildman–Crippen LogP) is 1.78. The van der Waals surface area contributed by atoms with Crippen LogP contribution < -0.4 is 11.1 Å². The van der Waals surface area contributed by atoms with E-state index in [1.807, 2.05) is 0 Å². The summed E-state index contributed by atoms with van der Waals surface area (Å²) in [5, 5.41) is 2.66. The SMILES string of the molecule is COCCC(N)C(=O)Nc1ccc(F)cc1Cl. The van der Waals surface area contributed by atoms with E-state index in [0.29, 0.717) is 18.7 Å². The lowest BCUT2D eigenvalue weighted by atomic mass is 10.2. The van der Waals surface area contributed by atoms with Crippen LogP contribution >= 0.6 is 11.6 Å². The third-order valence-electron chi connectivity index (χ3n) is 2.16. The molecule has 1 rings (SSSR count). The van der Waals surface area contributed by atoms with E-state index in [9.17, 15) is 9.18 Å². The van der Waals surface area contributed by atoms with E-state index in [4.69, 9.17) is 22.1 Å². The van der Waals surface area contributed by atoms with Gasteiger partial charge in [-0.05, 0) is 24.6 Å². The van der Waals surface area contributed by atoms with Crippen molar-refractivity contribution in [1.82, 2.24) is 0 Å². The predicted molar refractivity (Wildman–Crippen MR) is 64.5 cm³/mol. The molecule has 0 aliphatic heterocycles. The van der Waals surface area contributed by atoms with E-state index >= 15 is 0 Å². The molecule has 0 bridgehead atoms. The highest BCUT2D eigenvalue weighted by Gasteiger charge is 2.14. The number of hydrogen-bond donors (Lipinski definition) is 2. The minimum Gasteiger partial charge on any atom is -0.385 e. The van der Waals surface area contributed by atoms with Gasteiger partial charge < -0.3 is 15.8 Å². The Labute approximate surface area is 104 Å². The van der Waals surface area contributed by atoms with Gasteiger partial charge in [0, 0.05) is 13.7 Å². The van der Waals surface area contributed by atoms with Gasteiger partial charge in [0.1, 0.15) is 5.82 Å². The number of ether oxygens (including phenoxy) is 1. The lowest BCUT2D eigenvalue weighted by Gasteiger charge is -2.12. The molecule has 0 spiro atoms. The van der Waals surface area contributed by atoms with E-state index in [2.05, 4.69) is 5.32 Å². The molecule has 0 aliphatic rings. The lowest BCUT2D eigenvalue weighted by molar-refractivity contribution is -0.117. The number of halogens is 2. The Hall–Kier alpha value is -1.17. The van der Waals surface area contributed by atoms with Crippen molar-refractivity contribution in [3.8, 4) is 0 Å². The summed E-state index contributed by atoms with van der Waals surface area (Å²) in [5.74, 6) is -0.841. The van der Waals surface area contributed by atoms with Crippen LogP contribution in [0.5, 0.6) is 0 Å². The smallest absolute Gasteiger partial charge is 0.241 e. The fourth-order valence-electron chi connectivity index (χ4n) is 1.19. The van der Waals surface area contributed by atoms with E-state index in [1.54, 1.807) is 0 Å². The molecule has 94 valence electrons. The Morgan fingerprint density at radius 2 is 2.35 bits per heavy atom. The summed E-state index contributed by atoms with van der Waals surface area (Å²) in [4.78, 5) is 11.6. The first-order valence-corrected chi connectivity index (χ1v) is 5.43. The second-order valence-corrected chi connectivity index (χ2v) is 3.91. The normalized spacial score (nSPS) is 12.2. The molecule has 0 radical (unpaired) electrons. The molecule has 0 saturated carbocycles. The summed E-state index contributed by atoms with van der Waals surface area (Å²) in [6, 6.07) is 3.04. The summed E-state index contributed by atoms with van der Waals surface area (Å²) in [7, 11) is 1.53. The second-order valence-electron chi connectivity index (χ2n) is 3.50. The largest absolute Gasteiger partial charge is 0.385 e. The molecule has 0 fully saturated rings. The standard InChI is InChI=1S/C11H14ClFN2O2/c1-17-5-4-9(14)11(16)15-10-3-2-7(13)6-8(10)12/h2-3,6,9H,4-5,14H2,1H3,(H,15,16). The molecule has 1 amide bonds. The molecule has 1 unspecified atom stereocenters. The summed E-state index contributed by atoms with van der Waals surface area (Å²) in [6.07, 6.45) is 0.404. The van der Waals surface area contributed by atoms with Crippen LogP contribution in [0, 0.1) is 5.82 Å². The van der Waals surface area contributed by atoms with Gasteiger partial charge in [-0.2, -0.15) is 0 Å². The topological polar surface area (TPSA) is 64.3 Å². The molecule has 0 saturated heterocycles. The fourth-order valence-corrected chi connectivity index (χ4v) is 1.41. The lowest BCUT2D eigenvalue weighted by Crippen LogP contribution is -2.36. The van der Waals surface area contributed by atoms with Crippen LogP contribution in [0.1, 0.15) is 6.42 Å². The number of amides is 1. The van der Waals surface area contributed by atoms with Crippen LogP contribution in [0.4, 0.5) is 10.1 Å².